The van der Waals surface area contributed by atoms with Gasteiger partial charge < -0.3 is 21.3 Å². The predicted molar refractivity (Wildman–Crippen MR) is 159 cm³/mol. The Balaban J connectivity index is 1.54. The zero-order valence-electron chi connectivity index (χ0n) is 24.7. The lowest BCUT2D eigenvalue weighted by Gasteiger charge is -2.52. The van der Waals surface area contributed by atoms with Gasteiger partial charge in [-0.25, -0.2) is 0 Å². The second kappa shape index (κ2) is 10.5. The Bertz CT molecular complexity index is 1570. The number of phenolic OH excluding ortho intramolecular Hbond substituents is 1. The maximum atomic E-state index is 14.0. The first-order chi connectivity index (χ1) is 20.1. The largest absolute Gasteiger partial charge is 0.507 e. The number of hydrogen-bond acceptors (Lipinski definition) is 9. The van der Waals surface area contributed by atoms with Crippen molar-refractivity contribution in [2.24, 2.45) is 34.4 Å². The van der Waals surface area contributed by atoms with Crippen LogP contribution in [0, 0.1) is 23.7 Å². The summed E-state index contributed by atoms with van der Waals surface area (Å²) < 4.78 is 0. The molecule has 2 aromatic carbocycles. The van der Waals surface area contributed by atoms with Crippen molar-refractivity contribution in [1.29, 1.82) is 0 Å². The van der Waals surface area contributed by atoms with E-state index in [4.69, 9.17) is 5.73 Å². The van der Waals surface area contributed by atoms with Gasteiger partial charge >= 0.3 is 0 Å². The van der Waals surface area contributed by atoms with Crippen LogP contribution in [0.15, 0.2) is 41.4 Å². The predicted octanol–water partition coefficient (Wildman–Crippen LogP) is 1.77. The van der Waals surface area contributed by atoms with E-state index in [2.05, 4.69) is 10.3 Å². The van der Waals surface area contributed by atoms with Gasteiger partial charge in [-0.3, -0.25) is 33.9 Å². The van der Waals surface area contributed by atoms with Gasteiger partial charge in [0.2, 0.25) is 5.91 Å². The summed E-state index contributed by atoms with van der Waals surface area (Å²) in [6.07, 6.45) is 1.81. The Morgan fingerprint density at radius 3 is 2.30 bits per heavy atom. The van der Waals surface area contributed by atoms with Gasteiger partial charge in [0.15, 0.2) is 34.7 Å². The summed E-state index contributed by atoms with van der Waals surface area (Å²) in [7, 11) is 3.11. The summed E-state index contributed by atoms with van der Waals surface area (Å²) in [6.45, 7) is 5.95. The summed E-state index contributed by atoms with van der Waals surface area (Å²) in [5, 5.41) is 25.6. The third kappa shape index (κ3) is 4.86. The molecule has 0 aromatic heterocycles. The highest BCUT2D eigenvalue weighted by molar-refractivity contribution is 6.32. The summed E-state index contributed by atoms with van der Waals surface area (Å²) in [5.74, 6) is -10.7. The van der Waals surface area contributed by atoms with E-state index in [0.717, 1.165) is 11.3 Å². The number of phenols is 1. The van der Waals surface area contributed by atoms with Gasteiger partial charge in [0.05, 0.1) is 29.4 Å². The van der Waals surface area contributed by atoms with Crippen molar-refractivity contribution in [1.82, 2.24) is 4.90 Å². The molecule has 226 valence electrons. The number of benzene rings is 2. The number of Topliss-reactive ketones (excluding diaryl/α,β-unsaturated/α-hetero) is 4. The zero-order chi connectivity index (χ0) is 31.6. The van der Waals surface area contributed by atoms with E-state index in [9.17, 15) is 34.2 Å². The lowest BCUT2D eigenvalue weighted by Crippen LogP contribution is -2.74. The third-order valence-corrected chi connectivity index (χ3v) is 8.82. The van der Waals surface area contributed by atoms with Crippen LogP contribution >= 0.6 is 0 Å². The van der Waals surface area contributed by atoms with Crippen molar-refractivity contribution in [3.05, 3.63) is 47.5 Å². The molecule has 0 bridgehead atoms. The van der Waals surface area contributed by atoms with Crippen LogP contribution in [0.4, 0.5) is 5.69 Å². The number of aromatic hydroxyl groups is 1. The topological polar surface area (TPSA) is 179 Å². The number of rotatable bonds is 5. The van der Waals surface area contributed by atoms with E-state index in [1.807, 2.05) is 45.0 Å². The average molecular weight is 589 g/mol. The molecule has 11 heteroatoms. The van der Waals surface area contributed by atoms with Crippen LogP contribution in [0.25, 0.3) is 11.1 Å². The van der Waals surface area contributed by atoms with Crippen LogP contribution in [0.3, 0.4) is 0 Å². The standard InChI is InChI=1S/C32H36N4O7/c1-31(2,3)35-14-34-17-8-6-15(7-9-17)18-10-11-21(37)23-19(18)12-16-13-20-25(36(4)5)27(39)24(30(33)42)29(41)32(20,43)28(40)22(16)26(23)38/h6-11,14,16,20,22,24-25,37,43H,12-13H2,1-5H3,(H2,33,42)(H,34,35)/t16-,20-,22?,24?,25-,32-/m1/s1. The first kappa shape index (κ1) is 30.2. The summed E-state index contributed by atoms with van der Waals surface area (Å²) >= 11 is 0. The number of fused-ring (bicyclic) bond motifs is 3. The highest BCUT2D eigenvalue weighted by Gasteiger charge is 2.69. The Morgan fingerprint density at radius 1 is 1.07 bits per heavy atom. The minimum atomic E-state index is -2.75. The maximum absolute atomic E-state index is 14.0. The number of anilines is 1. The molecular weight excluding hydrogens is 552 g/mol. The number of carbonyl (C=O) groups excluding carboxylic acids is 5. The molecule has 6 atom stereocenters. The van der Waals surface area contributed by atoms with Gasteiger partial charge in [-0.05, 0) is 88.5 Å². The van der Waals surface area contributed by atoms with Crippen molar-refractivity contribution in [3.63, 3.8) is 0 Å². The molecular formula is C32H36N4O7. The van der Waals surface area contributed by atoms with E-state index < -0.39 is 64.4 Å². The minimum Gasteiger partial charge on any atom is -0.507 e. The second-order valence-corrected chi connectivity index (χ2v) is 12.9. The molecule has 11 nitrogen and oxygen atoms in total. The van der Waals surface area contributed by atoms with E-state index in [1.165, 1.54) is 11.0 Å². The first-order valence-corrected chi connectivity index (χ1v) is 14.2. The average Bonchev–Trinajstić information content (AvgIpc) is 2.90. The van der Waals surface area contributed by atoms with Crippen LogP contribution in [0.5, 0.6) is 5.75 Å². The van der Waals surface area contributed by atoms with Crippen LogP contribution in [-0.4, -0.2) is 81.8 Å². The van der Waals surface area contributed by atoms with E-state index in [-0.39, 0.29) is 29.7 Å². The number of aliphatic hydroxyl groups is 1. The number of nitrogens with two attached hydrogens (primary N) is 1. The molecule has 43 heavy (non-hydrogen) atoms. The number of amides is 1. The summed E-state index contributed by atoms with van der Waals surface area (Å²) in [4.78, 5) is 72.6. The highest BCUT2D eigenvalue weighted by Crippen LogP contribution is 2.51. The molecule has 0 saturated heterocycles. The van der Waals surface area contributed by atoms with E-state index >= 15 is 0 Å². The molecule has 5 rings (SSSR count). The summed E-state index contributed by atoms with van der Waals surface area (Å²) in [5.41, 5.74) is 5.17. The molecule has 5 N–H and O–H groups in total. The minimum absolute atomic E-state index is 0.00500. The number of nitrogens with one attached hydrogen (secondary N) is 1. The molecule has 2 saturated carbocycles. The molecule has 2 aromatic rings. The molecule has 2 unspecified atom stereocenters. The van der Waals surface area contributed by atoms with Crippen LogP contribution in [-0.2, 0) is 25.6 Å². The fourth-order valence-corrected chi connectivity index (χ4v) is 6.92. The molecule has 1 amide bonds. The Morgan fingerprint density at radius 2 is 1.72 bits per heavy atom. The molecule has 0 aliphatic heterocycles. The van der Waals surface area contributed by atoms with Crippen LogP contribution < -0.4 is 11.1 Å². The lowest BCUT2D eigenvalue weighted by molar-refractivity contribution is -0.181. The van der Waals surface area contributed by atoms with Crippen LogP contribution in [0.2, 0.25) is 0 Å². The second-order valence-electron chi connectivity index (χ2n) is 12.9. The zero-order valence-corrected chi connectivity index (χ0v) is 24.7. The highest BCUT2D eigenvalue weighted by atomic mass is 16.3. The number of ketones is 4. The Kier molecular flexibility index (Phi) is 7.38. The number of aliphatic imine (C=N–C) groups is 1. The number of likely N-dealkylation sites (N-methyl/N-ethyl adjacent to an activating group) is 1. The molecule has 3 aliphatic rings. The SMILES string of the molecule is CN(C)[C@H]1C(=O)C(C(N)=O)C(=O)[C@]2(O)C(=O)C3C(=O)c4c(O)ccc(-c5ccc(NC=NC(C)(C)C)cc5)c4C[C@@H]3C[C@H]12. The van der Waals surface area contributed by atoms with Gasteiger partial charge in [0.1, 0.15) is 5.75 Å². The normalized spacial score (nSPS) is 29.0. The quantitative estimate of drug-likeness (QED) is 0.230. The van der Waals surface area contributed by atoms with Crippen LogP contribution in [0.1, 0.15) is 43.1 Å². The molecule has 2 fully saturated rings. The molecule has 0 radical (unpaired) electrons. The Labute approximate surface area is 249 Å². The summed E-state index contributed by atoms with van der Waals surface area (Å²) in [6, 6.07) is 9.40. The van der Waals surface area contributed by atoms with Crippen molar-refractivity contribution >= 4 is 41.1 Å². The fourth-order valence-electron chi connectivity index (χ4n) is 6.92. The van der Waals surface area contributed by atoms with E-state index in [0.29, 0.717) is 11.1 Å². The monoisotopic (exact) mass is 588 g/mol. The maximum Gasteiger partial charge on any atom is 0.235 e. The van der Waals surface area contributed by atoms with Gasteiger partial charge in [0.25, 0.3) is 0 Å². The van der Waals surface area contributed by atoms with Gasteiger partial charge in [0, 0.05) is 11.6 Å². The van der Waals surface area contributed by atoms with E-state index in [1.54, 1.807) is 26.5 Å². The number of hydrogen-bond donors (Lipinski definition) is 4. The fraction of sp³-hybridized carbons (Fsp3) is 0.438. The number of primary amides is 1. The van der Waals surface area contributed by atoms with Crippen molar-refractivity contribution in [3.8, 4) is 16.9 Å². The van der Waals surface area contributed by atoms with Crippen molar-refractivity contribution < 1.29 is 34.2 Å². The molecule has 3 aliphatic carbocycles. The third-order valence-electron chi connectivity index (χ3n) is 8.82. The van der Waals surface area contributed by atoms with Crippen molar-refractivity contribution in [2.45, 2.75) is 50.8 Å². The Hall–Kier alpha value is -4.22. The van der Waals surface area contributed by atoms with Gasteiger partial charge in [-0.15, -0.1) is 0 Å². The molecule has 0 heterocycles. The van der Waals surface area contributed by atoms with Gasteiger partial charge in [-0.1, -0.05) is 18.2 Å². The smallest absolute Gasteiger partial charge is 0.235 e. The van der Waals surface area contributed by atoms with Gasteiger partial charge in [-0.2, -0.15) is 0 Å². The number of nitrogens with zero attached hydrogens (tertiary/aromatic N) is 2. The van der Waals surface area contributed by atoms with Crippen molar-refractivity contribution in [2.75, 3.05) is 19.4 Å². The lowest BCUT2D eigenvalue weighted by atomic mass is 9.52. The number of carbonyl (C=O) groups is 5. The molecule has 0 spiro atoms. The first-order valence-electron chi connectivity index (χ1n) is 14.2.